The first-order valence-electron chi connectivity index (χ1n) is 14.1. The topological polar surface area (TPSA) is 85.9 Å². The fourth-order valence-electron chi connectivity index (χ4n) is 5.03. The second-order valence-electron chi connectivity index (χ2n) is 10.3. The van der Waals surface area contributed by atoms with Crippen LogP contribution < -0.4 is 15.5 Å². The normalized spacial score (nSPS) is 21.0. The highest BCUT2D eigenvalue weighted by Gasteiger charge is 2.38. The number of anilines is 1. The fraction of sp³-hybridized carbons (Fsp3) is 0.375. The number of amides is 2. The lowest BCUT2D eigenvalue weighted by molar-refractivity contribution is -0.200. The number of hydrogen-bond acceptors (Lipinski definition) is 7. The van der Waals surface area contributed by atoms with Crippen LogP contribution in [0.1, 0.15) is 55.4 Å². The van der Waals surface area contributed by atoms with Gasteiger partial charge in [-0.3, -0.25) is 9.59 Å². The Bertz CT molecular complexity index is 1320. The van der Waals surface area contributed by atoms with Gasteiger partial charge in [0.25, 0.3) is 0 Å². The van der Waals surface area contributed by atoms with E-state index in [0.717, 1.165) is 59.6 Å². The SMILES string of the molecule is COc1ccc(NC(=O)C=Cc2ccc(-c3ccc([C@@]4(CC(=O)NOC5CCCCO5)CCCCS4)s3)cc2)cc1. The van der Waals surface area contributed by atoms with Crippen LogP contribution in [0.25, 0.3) is 16.5 Å². The maximum absolute atomic E-state index is 12.9. The molecule has 3 aromatic rings. The summed E-state index contributed by atoms with van der Waals surface area (Å²) in [6.07, 6.45) is 9.50. The molecular formula is C32H36N2O5S2. The highest BCUT2D eigenvalue weighted by Crippen LogP contribution is 2.50. The summed E-state index contributed by atoms with van der Waals surface area (Å²) in [4.78, 5) is 33.2. The summed E-state index contributed by atoms with van der Waals surface area (Å²) in [6.45, 7) is 0.676. The van der Waals surface area contributed by atoms with Crippen LogP contribution in [0.2, 0.25) is 0 Å². The van der Waals surface area contributed by atoms with Crippen molar-refractivity contribution < 1.29 is 23.9 Å². The Morgan fingerprint density at radius 1 is 1.02 bits per heavy atom. The minimum Gasteiger partial charge on any atom is -0.497 e. The molecule has 2 aromatic carbocycles. The van der Waals surface area contributed by atoms with Crippen LogP contribution in [0, 0.1) is 0 Å². The Morgan fingerprint density at radius 3 is 2.56 bits per heavy atom. The third kappa shape index (κ3) is 8.01. The summed E-state index contributed by atoms with van der Waals surface area (Å²) in [6, 6.07) is 19.7. The molecule has 216 valence electrons. The number of thioether (sulfide) groups is 1. The third-order valence-corrected chi connectivity index (χ3v) is 10.4. The minimum atomic E-state index is -0.350. The lowest BCUT2D eigenvalue weighted by Gasteiger charge is -2.35. The molecule has 1 unspecified atom stereocenters. The number of carbonyl (C=O) groups excluding carboxylic acids is 2. The average molecular weight is 593 g/mol. The fourth-order valence-corrected chi connectivity index (χ4v) is 7.93. The van der Waals surface area contributed by atoms with E-state index in [1.807, 2.05) is 23.9 Å². The van der Waals surface area contributed by atoms with Gasteiger partial charge in [0, 0.05) is 41.0 Å². The summed E-state index contributed by atoms with van der Waals surface area (Å²) < 4.78 is 10.5. The first-order chi connectivity index (χ1) is 20.0. The van der Waals surface area contributed by atoms with Crippen molar-refractivity contribution in [2.24, 2.45) is 0 Å². The second-order valence-corrected chi connectivity index (χ2v) is 12.8. The van der Waals surface area contributed by atoms with Crippen molar-refractivity contribution in [1.29, 1.82) is 0 Å². The molecule has 2 saturated heterocycles. The van der Waals surface area contributed by atoms with Gasteiger partial charge in [-0.2, -0.15) is 0 Å². The quantitative estimate of drug-likeness (QED) is 0.192. The van der Waals surface area contributed by atoms with Gasteiger partial charge in [0.05, 0.1) is 11.9 Å². The molecule has 0 saturated carbocycles. The van der Waals surface area contributed by atoms with E-state index in [1.54, 1.807) is 48.8 Å². The zero-order valence-corrected chi connectivity index (χ0v) is 24.9. The van der Waals surface area contributed by atoms with Gasteiger partial charge in [-0.05, 0) is 85.0 Å². The molecule has 2 N–H and O–H groups in total. The molecule has 7 nitrogen and oxygen atoms in total. The number of hydroxylamine groups is 1. The molecule has 2 amide bonds. The van der Waals surface area contributed by atoms with E-state index < -0.39 is 0 Å². The number of thiophene rings is 1. The number of hydrogen-bond donors (Lipinski definition) is 2. The van der Waals surface area contributed by atoms with Crippen molar-refractivity contribution in [2.75, 3.05) is 24.8 Å². The molecule has 41 heavy (non-hydrogen) atoms. The molecule has 0 aliphatic carbocycles. The second kappa shape index (κ2) is 14.2. The van der Waals surface area contributed by atoms with Gasteiger partial charge < -0.3 is 14.8 Å². The maximum Gasteiger partial charge on any atom is 0.248 e. The Hall–Kier alpha value is -3.11. The molecule has 2 atom stereocenters. The zero-order chi connectivity index (χ0) is 28.5. The molecular weight excluding hydrogens is 556 g/mol. The highest BCUT2D eigenvalue weighted by atomic mass is 32.2. The number of nitrogens with one attached hydrogen (secondary N) is 2. The van der Waals surface area contributed by atoms with Crippen molar-refractivity contribution in [3.05, 3.63) is 77.2 Å². The standard InChI is InChI=1S/C32H36N2O5S2/c1-37-26-14-12-25(13-15-26)33-29(35)18-9-23-7-10-24(11-8-23)27-16-17-28(41-27)32(19-3-5-21-40-32)22-30(36)34-39-31-6-2-4-20-38-31/h7-18,31H,2-6,19-22H2,1H3,(H,33,35)(H,34,36)/t31?,32-/m0/s1. The largest absolute Gasteiger partial charge is 0.497 e. The van der Waals surface area contributed by atoms with Gasteiger partial charge >= 0.3 is 0 Å². The van der Waals surface area contributed by atoms with Crippen molar-refractivity contribution in [1.82, 2.24) is 5.48 Å². The van der Waals surface area contributed by atoms with Crippen LogP contribution in [-0.4, -0.2) is 37.6 Å². The Balaban J connectivity index is 1.20. The summed E-state index contributed by atoms with van der Waals surface area (Å²) in [5.74, 6) is 1.48. The molecule has 3 heterocycles. The summed E-state index contributed by atoms with van der Waals surface area (Å²) >= 11 is 3.64. The van der Waals surface area contributed by atoms with Gasteiger partial charge in [-0.1, -0.05) is 30.7 Å². The molecule has 2 fully saturated rings. The number of benzene rings is 2. The minimum absolute atomic E-state index is 0.101. The summed E-state index contributed by atoms with van der Waals surface area (Å²) in [5, 5.41) is 2.85. The first-order valence-corrected chi connectivity index (χ1v) is 15.9. The zero-order valence-electron chi connectivity index (χ0n) is 23.2. The summed E-state index contributed by atoms with van der Waals surface area (Å²) in [7, 11) is 1.61. The van der Waals surface area contributed by atoms with Crippen LogP contribution >= 0.6 is 23.1 Å². The van der Waals surface area contributed by atoms with Crippen molar-refractivity contribution in [2.45, 2.75) is 56.0 Å². The van der Waals surface area contributed by atoms with E-state index in [9.17, 15) is 9.59 Å². The maximum atomic E-state index is 12.9. The Morgan fingerprint density at radius 2 is 1.85 bits per heavy atom. The van der Waals surface area contributed by atoms with Gasteiger partial charge in [0.15, 0.2) is 6.29 Å². The Kier molecular flexibility index (Phi) is 10.2. The van der Waals surface area contributed by atoms with Crippen LogP contribution in [0.15, 0.2) is 66.7 Å². The predicted molar refractivity (Wildman–Crippen MR) is 166 cm³/mol. The molecule has 5 rings (SSSR count). The third-order valence-electron chi connectivity index (χ3n) is 7.28. The molecule has 0 radical (unpaired) electrons. The molecule has 2 aliphatic heterocycles. The first kappa shape index (κ1) is 29.4. The van der Waals surface area contributed by atoms with E-state index >= 15 is 0 Å². The van der Waals surface area contributed by atoms with E-state index in [0.29, 0.717) is 18.7 Å². The molecule has 1 aromatic heterocycles. The number of rotatable bonds is 10. The summed E-state index contributed by atoms with van der Waals surface area (Å²) in [5.41, 5.74) is 5.42. The predicted octanol–water partition coefficient (Wildman–Crippen LogP) is 7.15. The van der Waals surface area contributed by atoms with Gasteiger partial charge in [0.1, 0.15) is 5.75 Å². The van der Waals surface area contributed by atoms with Gasteiger partial charge in [-0.15, -0.1) is 23.1 Å². The molecule has 0 bridgehead atoms. The van der Waals surface area contributed by atoms with E-state index in [1.165, 1.54) is 17.4 Å². The molecule has 2 aliphatic rings. The van der Waals surface area contributed by atoms with Crippen LogP contribution in [0.3, 0.4) is 0 Å². The van der Waals surface area contributed by atoms with Crippen molar-refractivity contribution in [3.8, 4) is 16.2 Å². The van der Waals surface area contributed by atoms with Gasteiger partial charge in [0.2, 0.25) is 11.8 Å². The van der Waals surface area contributed by atoms with Crippen LogP contribution in [0.5, 0.6) is 5.75 Å². The highest BCUT2D eigenvalue weighted by molar-refractivity contribution is 8.00. The Labute approximate surface area is 249 Å². The lowest BCUT2D eigenvalue weighted by atomic mass is 9.94. The van der Waals surface area contributed by atoms with Crippen molar-refractivity contribution >= 4 is 46.7 Å². The number of methoxy groups -OCH3 is 1. The average Bonchev–Trinajstić information content (AvgIpc) is 3.52. The van der Waals surface area contributed by atoms with Crippen molar-refractivity contribution in [3.63, 3.8) is 0 Å². The van der Waals surface area contributed by atoms with Crippen LogP contribution in [0.4, 0.5) is 5.69 Å². The smallest absolute Gasteiger partial charge is 0.248 e. The number of ether oxygens (including phenoxy) is 2. The monoisotopic (exact) mass is 592 g/mol. The van der Waals surface area contributed by atoms with E-state index in [2.05, 4.69) is 35.1 Å². The molecule has 0 spiro atoms. The lowest BCUT2D eigenvalue weighted by Crippen LogP contribution is -2.37. The van der Waals surface area contributed by atoms with Gasteiger partial charge in [-0.25, -0.2) is 10.3 Å². The van der Waals surface area contributed by atoms with E-state index in [4.69, 9.17) is 14.3 Å². The van der Waals surface area contributed by atoms with E-state index in [-0.39, 0.29) is 22.9 Å². The molecule has 9 heteroatoms. The van der Waals surface area contributed by atoms with Crippen LogP contribution in [-0.2, 0) is 23.9 Å². The number of carbonyl (C=O) groups is 2.